The average molecular weight is 244 g/mol. The molecule has 1 amide bonds. The number of aromatic nitrogens is 2. The molecule has 0 spiro atoms. The number of primary amides is 1. The van der Waals surface area contributed by atoms with Crippen molar-refractivity contribution in [1.82, 2.24) is 15.0 Å². The molecule has 18 heavy (non-hydrogen) atoms. The fourth-order valence-corrected chi connectivity index (χ4v) is 2.35. The molecule has 1 aliphatic rings. The van der Waals surface area contributed by atoms with Crippen LogP contribution < -0.4 is 11.2 Å². The summed E-state index contributed by atoms with van der Waals surface area (Å²) in [6.07, 6.45) is 6.79. The molecule has 2 aromatic heterocycles. The summed E-state index contributed by atoms with van der Waals surface area (Å²) in [5.74, 6) is -0.467. The lowest BCUT2D eigenvalue weighted by atomic mass is 10.0. The molecule has 92 valence electrons. The molecule has 3 rings (SSSR count). The van der Waals surface area contributed by atoms with Gasteiger partial charge in [0.2, 0.25) is 0 Å². The zero-order chi connectivity index (χ0) is 12.7. The molecular weight excluding hydrogens is 232 g/mol. The van der Waals surface area contributed by atoms with Gasteiger partial charge in [0.05, 0.1) is 11.6 Å². The number of rotatable bonds is 2. The van der Waals surface area contributed by atoms with Crippen molar-refractivity contribution in [3.8, 4) is 0 Å². The molecule has 1 aliphatic heterocycles. The number of nitrogens with one attached hydrogen (secondary N) is 1. The monoisotopic (exact) mass is 244 g/mol. The van der Waals surface area contributed by atoms with Crippen molar-refractivity contribution in [1.29, 1.82) is 0 Å². The lowest BCUT2D eigenvalue weighted by molar-refractivity contribution is 0.0989. The van der Waals surface area contributed by atoms with Crippen LogP contribution in [0.15, 0.2) is 30.8 Å². The van der Waals surface area contributed by atoms with Crippen LogP contribution in [0.5, 0.6) is 0 Å². The first-order valence-electron chi connectivity index (χ1n) is 5.50. The van der Waals surface area contributed by atoms with E-state index in [1.807, 2.05) is 19.2 Å². The Morgan fingerprint density at radius 2 is 2.44 bits per heavy atom. The third-order valence-corrected chi connectivity index (χ3v) is 3.12. The first-order chi connectivity index (χ1) is 8.70. The third kappa shape index (κ3) is 1.39. The Kier molecular flexibility index (Phi) is 2.31. The molecule has 6 nitrogen and oxygen atoms in total. The Balaban J connectivity index is 2.35. The summed E-state index contributed by atoms with van der Waals surface area (Å²) in [7, 11) is 1.81. The van der Waals surface area contributed by atoms with Crippen LogP contribution in [0.4, 0.5) is 0 Å². The highest BCUT2D eigenvalue weighted by Gasteiger charge is 2.26. The molecule has 3 N–H and O–H groups in total. The van der Waals surface area contributed by atoms with Crippen LogP contribution in [0, 0.1) is 0 Å². The van der Waals surface area contributed by atoms with Gasteiger partial charge in [0, 0.05) is 30.4 Å². The van der Waals surface area contributed by atoms with Gasteiger partial charge in [0.15, 0.2) is 0 Å². The van der Waals surface area contributed by atoms with Gasteiger partial charge in [-0.05, 0) is 12.1 Å². The minimum absolute atomic E-state index is 0.194. The maximum atomic E-state index is 11.7. The number of carbonyl (C=O) groups is 1. The van der Waals surface area contributed by atoms with Gasteiger partial charge >= 0.3 is 0 Å². The lowest BCUT2D eigenvalue weighted by Crippen LogP contribution is -2.21. The topological polar surface area (TPSA) is 82.2 Å². The Hall–Kier alpha value is -2.34. The summed E-state index contributed by atoms with van der Waals surface area (Å²) < 4.78 is 1.78. The largest absolute Gasteiger partial charge is 0.416 e. The van der Waals surface area contributed by atoms with Crippen molar-refractivity contribution in [2.24, 2.45) is 12.8 Å². The van der Waals surface area contributed by atoms with Crippen LogP contribution in [-0.2, 0) is 11.9 Å². The molecule has 0 fully saturated rings. The van der Waals surface area contributed by atoms with Crippen LogP contribution in [0.3, 0.4) is 0 Å². The number of pyridine rings is 1. The molecular formula is C12H12N4O2. The standard InChI is InChI=1S/C12H12N4O2/c1-16-9-2-4-14-6-7(9)10(11(16)12(13)17)8-3-5-18-15-8/h2-6,8,15H,1H3,(H2,13,17). The number of aryl methyl sites for hydroxylation is 1. The van der Waals surface area contributed by atoms with Crippen LogP contribution in [0.1, 0.15) is 22.1 Å². The maximum Gasteiger partial charge on any atom is 0.265 e. The Morgan fingerprint density at radius 3 is 3.11 bits per heavy atom. The van der Waals surface area contributed by atoms with Crippen molar-refractivity contribution in [3.63, 3.8) is 0 Å². The molecule has 0 aliphatic carbocycles. The van der Waals surface area contributed by atoms with E-state index < -0.39 is 5.91 Å². The van der Waals surface area contributed by atoms with E-state index in [1.54, 1.807) is 23.2 Å². The first kappa shape index (κ1) is 10.8. The normalized spacial score (nSPS) is 18.2. The Bertz CT molecular complexity index is 659. The molecule has 0 aromatic carbocycles. The van der Waals surface area contributed by atoms with Gasteiger partial charge in [-0.25, -0.2) is 0 Å². The molecule has 1 unspecified atom stereocenters. The second-order valence-electron chi connectivity index (χ2n) is 4.12. The predicted octanol–water partition coefficient (Wildman–Crippen LogP) is 0.762. The van der Waals surface area contributed by atoms with E-state index >= 15 is 0 Å². The quantitative estimate of drug-likeness (QED) is 0.817. The van der Waals surface area contributed by atoms with Gasteiger partial charge in [0.25, 0.3) is 5.91 Å². The van der Waals surface area contributed by atoms with Crippen LogP contribution in [0.25, 0.3) is 10.9 Å². The minimum Gasteiger partial charge on any atom is -0.416 e. The highest BCUT2D eigenvalue weighted by molar-refractivity contribution is 6.01. The number of hydrogen-bond donors (Lipinski definition) is 2. The second-order valence-corrected chi connectivity index (χ2v) is 4.12. The Labute approximate surface area is 103 Å². The smallest absolute Gasteiger partial charge is 0.265 e. The SMILES string of the molecule is Cn1c(C(N)=O)c(C2C=CON2)c2cnccc21. The van der Waals surface area contributed by atoms with Crippen molar-refractivity contribution in [2.45, 2.75) is 6.04 Å². The fraction of sp³-hybridized carbons (Fsp3) is 0.167. The first-order valence-corrected chi connectivity index (χ1v) is 5.50. The molecule has 3 heterocycles. The lowest BCUT2D eigenvalue weighted by Gasteiger charge is -2.09. The number of carbonyl (C=O) groups excluding carboxylic acids is 1. The number of hydrogen-bond acceptors (Lipinski definition) is 4. The van der Waals surface area contributed by atoms with Crippen LogP contribution in [0.2, 0.25) is 0 Å². The average Bonchev–Trinajstić information content (AvgIpc) is 2.96. The fourth-order valence-electron chi connectivity index (χ4n) is 2.35. The zero-order valence-corrected chi connectivity index (χ0v) is 9.75. The van der Waals surface area contributed by atoms with Gasteiger partial charge in [0.1, 0.15) is 12.0 Å². The van der Waals surface area contributed by atoms with E-state index in [1.165, 1.54) is 0 Å². The van der Waals surface area contributed by atoms with E-state index in [2.05, 4.69) is 10.5 Å². The van der Waals surface area contributed by atoms with Crippen molar-refractivity contribution in [3.05, 3.63) is 42.1 Å². The van der Waals surface area contributed by atoms with E-state index in [4.69, 9.17) is 10.6 Å². The van der Waals surface area contributed by atoms with Crippen LogP contribution in [-0.4, -0.2) is 15.5 Å². The van der Waals surface area contributed by atoms with Gasteiger partial charge in [-0.2, -0.15) is 0 Å². The van der Waals surface area contributed by atoms with Gasteiger partial charge in [-0.3, -0.25) is 9.78 Å². The van der Waals surface area contributed by atoms with Gasteiger partial charge in [-0.15, -0.1) is 5.48 Å². The summed E-state index contributed by atoms with van der Waals surface area (Å²) in [4.78, 5) is 20.7. The second kappa shape index (κ2) is 3.85. The summed E-state index contributed by atoms with van der Waals surface area (Å²) in [6.45, 7) is 0. The highest BCUT2D eigenvalue weighted by Crippen LogP contribution is 2.31. The molecule has 1 atom stereocenters. The predicted molar refractivity (Wildman–Crippen MR) is 65.3 cm³/mol. The van der Waals surface area contributed by atoms with E-state index in [-0.39, 0.29) is 6.04 Å². The molecule has 0 radical (unpaired) electrons. The minimum atomic E-state index is -0.467. The molecule has 6 heteroatoms. The van der Waals surface area contributed by atoms with Gasteiger partial charge in [-0.1, -0.05) is 0 Å². The zero-order valence-electron chi connectivity index (χ0n) is 9.75. The van der Waals surface area contributed by atoms with Gasteiger partial charge < -0.3 is 15.1 Å². The number of amides is 1. The summed E-state index contributed by atoms with van der Waals surface area (Å²) in [5.41, 5.74) is 10.5. The van der Waals surface area contributed by atoms with Crippen molar-refractivity contribution >= 4 is 16.8 Å². The van der Waals surface area contributed by atoms with E-state index in [0.717, 1.165) is 16.5 Å². The highest BCUT2D eigenvalue weighted by atomic mass is 16.6. The number of nitrogens with two attached hydrogens (primary N) is 1. The number of fused-ring (bicyclic) bond motifs is 1. The third-order valence-electron chi connectivity index (χ3n) is 3.12. The summed E-state index contributed by atoms with van der Waals surface area (Å²) >= 11 is 0. The van der Waals surface area contributed by atoms with E-state index in [9.17, 15) is 4.79 Å². The maximum absolute atomic E-state index is 11.7. The molecule has 0 saturated heterocycles. The summed E-state index contributed by atoms with van der Waals surface area (Å²) in [5, 5.41) is 0.890. The molecule has 0 bridgehead atoms. The van der Waals surface area contributed by atoms with E-state index in [0.29, 0.717) is 5.69 Å². The summed E-state index contributed by atoms with van der Waals surface area (Å²) in [6, 6.07) is 1.66. The Morgan fingerprint density at radius 1 is 1.61 bits per heavy atom. The molecule has 0 saturated carbocycles. The van der Waals surface area contributed by atoms with Crippen molar-refractivity contribution < 1.29 is 9.63 Å². The number of hydroxylamine groups is 1. The van der Waals surface area contributed by atoms with Crippen molar-refractivity contribution in [2.75, 3.05) is 0 Å². The van der Waals surface area contributed by atoms with Crippen LogP contribution >= 0.6 is 0 Å². The molecule has 2 aromatic rings. The number of nitrogens with zero attached hydrogens (tertiary/aromatic N) is 2.